The number of halogens is 1. The Labute approximate surface area is 109 Å². The van der Waals surface area contributed by atoms with E-state index in [1.165, 1.54) is 12.1 Å². The Morgan fingerprint density at radius 3 is 2.67 bits per heavy atom. The van der Waals surface area contributed by atoms with Crippen molar-refractivity contribution in [2.75, 3.05) is 5.73 Å². The number of nitrogen functional groups attached to an aromatic ring is 1. The minimum Gasteiger partial charge on any atom is -0.399 e. The van der Waals surface area contributed by atoms with E-state index in [4.69, 9.17) is 22.6 Å². The van der Waals surface area contributed by atoms with Crippen LogP contribution in [0.25, 0.3) is 0 Å². The summed E-state index contributed by atoms with van der Waals surface area (Å²) in [7, 11) is 0. The normalized spacial score (nSPS) is 9.78. The summed E-state index contributed by atoms with van der Waals surface area (Å²) < 4.78 is 0. The smallest absolute Gasteiger partial charge is 0.194 e. The fourth-order valence-electron chi connectivity index (χ4n) is 1.60. The molecule has 18 heavy (non-hydrogen) atoms. The van der Waals surface area contributed by atoms with Crippen LogP contribution in [-0.4, -0.2) is 5.78 Å². The van der Waals surface area contributed by atoms with Crippen molar-refractivity contribution in [1.82, 2.24) is 0 Å². The molecule has 0 atom stereocenters. The molecular weight excluding hydrogens is 248 g/mol. The van der Waals surface area contributed by atoms with Gasteiger partial charge < -0.3 is 5.73 Å². The molecule has 0 radical (unpaired) electrons. The van der Waals surface area contributed by atoms with Crippen molar-refractivity contribution in [2.45, 2.75) is 0 Å². The van der Waals surface area contributed by atoms with Gasteiger partial charge in [-0.05, 0) is 30.3 Å². The second-order valence-electron chi connectivity index (χ2n) is 3.76. The molecule has 0 fully saturated rings. The van der Waals surface area contributed by atoms with Gasteiger partial charge in [0.15, 0.2) is 5.78 Å². The number of nitrogens with zero attached hydrogens (tertiary/aromatic N) is 1. The van der Waals surface area contributed by atoms with Gasteiger partial charge >= 0.3 is 0 Å². The lowest BCUT2D eigenvalue weighted by molar-refractivity contribution is 0.103. The molecule has 0 aliphatic rings. The van der Waals surface area contributed by atoms with Crippen molar-refractivity contribution in [1.29, 1.82) is 5.26 Å². The Morgan fingerprint density at radius 1 is 1.22 bits per heavy atom. The lowest BCUT2D eigenvalue weighted by atomic mass is 10.0. The molecule has 2 aromatic rings. The van der Waals surface area contributed by atoms with Gasteiger partial charge in [0.05, 0.1) is 16.7 Å². The number of carbonyl (C=O) groups excluding carboxylic acids is 1. The fraction of sp³-hybridized carbons (Fsp3) is 0. The standard InChI is InChI=1S/C14H9ClN2O/c15-13-7-11(17)4-5-12(13)14(18)10-3-1-2-9(6-10)8-16/h1-7H,17H2. The van der Waals surface area contributed by atoms with Crippen LogP contribution in [0.2, 0.25) is 5.02 Å². The van der Waals surface area contributed by atoms with Gasteiger partial charge in [0, 0.05) is 16.8 Å². The lowest BCUT2D eigenvalue weighted by Crippen LogP contribution is -2.03. The number of nitriles is 1. The molecule has 0 saturated carbocycles. The average Bonchev–Trinajstić information content (AvgIpc) is 2.38. The van der Waals surface area contributed by atoms with Crippen LogP contribution in [0, 0.1) is 11.3 Å². The van der Waals surface area contributed by atoms with Gasteiger partial charge in [-0.25, -0.2) is 0 Å². The number of benzene rings is 2. The summed E-state index contributed by atoms with van der Waals surface area (Å²) in [6.07, 6.45) is 0. The fourth-order valence-corrected chi connectivity index (χ4v) is 1.88. The van der Waals surface area contributed by atoms with Crippen LogP contribution in [0.5, 0.6) is 0 Å². The van der Waals surface area contributed by atoms with E-state index in [1.54, 1.807) is 30.3 Å². The third-order valence-electron chi connectivity index (χ3n) is 2.49. The molecular formula is C14H9ClN2O. The van der Waals surface area contributed by atoms with Crippen LogP contribution < -0.4 is 5.73 Å². The van der Waals surface area contributed by atoms with Gasteiger partial charge in [-0.1, -0.05) is 23.7 Å². The predicted octanol–water partition coefficient (Wildman–Crippen LogP) is 3.02. The molecule has 3 nitrogen and oxygen atoms in total. The minimum absolute atomic E-state index is 0.225. The summed E-state index contributed by atoms with van der Waals surface area (Å²) in [4.78, 5) is 12.2. The number of hydrogen-bond acceptors (Lipinski definition) is 3. The van der Waals surface area contributed by atoms with Crippen LogP contribution in [0.3, 0.4) is 0 Å². The van der Waals surface area contributed by atoms with Crippen LogP contribution in [0.15, 0.2) is 42.5 Å². The Hall–Kier alpha value is -2.31. The Balaban J connectivity index is 2.45. The van der Waals surface area contributed by atoms with Crippen molar-refractivity contribution in [3.05, 3.63) is 64.2 Å². The molecule has 0 spiro atoms. The highest BCUT2D eigenvalue weighted by atomic mass is 35.5. The first kappa shape index (κ1) is 12.2. The van der Waals surface area contributed by atoms with Crippen molar-refractivity contribution in [3.63, 3.8) is 0 Å². The highest BCUT2D eigenvalue weighted by Crippen LogP contribution is 2.22. The first-order valence-corrected chi connectivity index (χ1v) is 5.59. The molecule has 0 saturated heterocycles. The molecule has 0 bridgehead atoms. The van der Waals surface area contributed by atoms with Crippen LogP contribution in [0.1, 0.15) is 21.5 Å². The molecule has 0 unspecified atom stereocenters. The summed E-state index contributed by atoms with van der Waals surface area (Å²) in [6, 6.07) is 13.2. The summed E-state index contributed by atoms with van der Waals surface area (Å²) in [6.45, 7) is 0. The van der Waals surface area contributed by atoms with E-state index in [0.717, 1.165) is 0 Å². The van der Waals surface area contributed by atoms with Crippen molar-refractivity contribution < 1.29 is 4.79 Å². The predicted molar refractivity (Wildman–Crippen MR) is 70.5 cm³/mol. The average molecular weight is 257 g/mol. The summed E-state index contributed by atoms with van der Waals surface area (Å²) in [5.74, 6) is -0.225. The van der Waals surface area contributed by atoms with E-state index in [9.17, 15) is 4.79 Å². The van der Waals surface area contributed by atoms with E-state index in [2.05, 4.69) is 0 Å². The molecule has 2 rings (SSSR count). The topological polar surface area (TPSA) is 66.9 Å². The summed E-state index contributed by atoms with van der Waals surface area (Å²) in [5, 5.41) is 9.11. The zero-order valence-corrected chi connectivity index (χ0v) is 10.1. The quantitative estimate of drug-likeness (QED) is 0.663. The van der Waals surface area contributed by atoms with Crippen LogP contribution >= 0.6 is 11.6 Å². The maximum atomic E-state index is 12.2. The molecule has 0 aromatic heterocycles. The van der Waals surface area contributed by atoms with Crippen molar-refractivity contribution in [3.8, 4) is 6.07 Å². The third-order valence-corrected chi connectivity index (χ3v) is 2.80. The number of rotatable bonds is 2. The van der Waals surface area contributed by atoms with Gasteiger partial charge in [0.1, 0.15) is 0 Å². The maximum absolute atomic E-state index is 12.2. The zero-order chi connectivity index (χ0) is 13.1. The van der Waals surface area contributed by atoms with Crippen molar-refractivity contribution in [2.24, 2.45) is 0 Å². The highest BCUT2D eigenvalue weighted by Gasteiger charge is 2.13. The number of nitrogens with two attached hydrogens (primary N) is 1. The Kier molecular flexibility index (Phi) is 3.31. The van der Waals surface area contributed by atoms with E-state index < -0.39 is 0 Å². The van der Waals surface area contributed by atoms with E-state index in [1.807, 2.05) is 6.07 Å². The third kappa shape index (κ3) is 2.34. The molecule has 0 aliphatic heterocycles. The number of carbonyl (C=O) groups is 1. The summed E-state index contributed by atoms with van der Waals surface area (Å²) >= 11 is 5.98. The minimum atomic E-state index is -0.225. The Morgan fingerprint density at radius 2 is 2.00 bits per heavy atom. The molecule has 4 heteroatoms. The van der Waals surface area contributed by atoms with Gasteiger partial charge in [0.2, 0.25) is 0 Å². The number of ketones is 1. The highest BCUT2D eigenvalue weighted by molar-refractivity contribution is 6.35. The SMILES string of the molecule is N#Cc1cccc(C(=O)c2ccc(N)cc2Cl)c1. The maximum Gasteiger partial charge on any atom is 0.194 e. The van der Waals surface area contributed by atoms with Gasteiger partial charge in [-0.15, -0.1) is 0 Å². The van der Waals surface area contributed by atoms with E-state index in [-0.39, 0.29) is 5.78 Å². The summed E-state index contributed by atoms with van der Waals surface area (Å²) in [5.41, 5.74) is 7.32. The molecule has 0 amide bonds. The van der Waals surface area contributed by atoms with Crippen LogP contribution in [-0.2, 0) is 0 Å². The molecule has 88 valence electrons. The largest absolute Gasteiger partial charge is 0.399 e. The van der Waals surface area contributed by atoms with Gasteiger partial charge in [-0.2, -0.15) is 5.26 Å². The number of anilines is 1. The second kappa shape index (κ2) is 4.91. The molecule has 0 aliphatic carbocycles. The van der Waals surface area contributed by atoms with Gasteiger partial charge in [-0.3, -0.25) is 4.79 Å². The first-order chi connectivity index (χ1) is 8.61. The zero-order valence-electron chi connectivity index (χ0n) is 9.35. The Bertz CT molecular complexity index is 659. The van der Waals surface area contributed by atoms with E-state index >= 15 is 0 Å². The molecule has 0 heterocycles. The van der Waals surface area contributed by atoms with Gasteiger partial charge in [0.25, 0.3) is 0 Å². The molecule has 2 N–H and O–H groups in total. The van der Waals surface area contributed by atoms with Crippen molar-refractivity contribution >= 4 is 23.1 Å². The van der Waals surface area contributed by atoms with Crippen LogP contribution in [0.4, 0.5) is 5.69 Å². The molecule has 2 aromatic carbocycles. The monoisotopic (exact) mass is 256 g/mol. The first-order valence-electron chi connectivity index (χ1n) is 5.21. The second-order valence-corrected chi connectivity index (χ2v) is 4.17. The lowest BCUT2D eigenvalue weighted by Gasteiger charge is -2.04. The number of hydrogen-bond donors (Lipinski definition) is 1. The van der Waals surface area contributed by atoms with E-state index in [0.29, 0.717) is 27.4 Å².